The van der Waals surface area contributed by atoms with E-state index in [1.54, 1.807) is 30.3 Å². The van der Waals surface area contributed by atoms with Crippen molar-refractivity contribution in [2.45, 2.75) is 11.5 Å². The molecule has 0 aliphatic carbocycles. The maximum absolute atomic E-state index is 13.0. The fourth-order valence-corrected chi connectivity index (χ4v) is 5.16. The predicted octanol–water partition coefficient (Wildman–Crippen LogP) is 4.49. The standard InChI is InChI=1S/C24H21ClN4O4S/c1-29-12-13-32-21-14-16(10-11-20(21)29)15-33-24-23(26-18-7-3-4-8-19(18)27-24)28-34(30,31)22-9-5-2-6-17(22)25/h2-11,14H,12-13,15H2,1H3,(H,26,28). The summed E-state index contributed by atoms with van der Waals surface area (Å²) in [6.45, 7) is 1.58. The molecule has 1 aromatic heterocycles. The zero-order valence-corrected chi connectivity index (χ0v) is 19.8. The number of nitrogens with one attached hydrogen (secondary N) is 1. The van der Waals surface area contributed by atoms with Crippen molar-refractivity contribution < 1.29 is 17.9 Å². The van der Waals surface area contributed by atoms with Crippen LogP contribution in [0.15, 0.2) is 71.6 Å². The average Bonchev–Trinajstić information content (AvgIpc) is 2.83. The lowest BCUT2D eigenvalue weighted by molar-refractivity contribution is 0.290. The number of ether oxygens (including phenoxy) is 2. The molecule has 0 spiro atoms. The monoisotopic (exact) mass is 496 g/mol. The second-order valence-electron chi connectivity index (χ2n) is 7.76. The van der Waals surface area contributed by atoms with E-state index in [0.717, 1.165) is 23.5 Å². The summed E-state index contributed by atoms with van der Waals surface area (Å²) in [6.07, 6.45) is 0. The summed E-state index contributed by atoms with van der Waals surface area (Å²) in [5.41, 5.74) is 2.96. The minimum atomic E-state index is -4.03. The van der Waals surface area contributed by atoms with Crippen LogP contribution >= 0.6 is 11.6 Å². The van der Waals surface area contributed by atoms with Crippen LogP contribution in [0.5, 0.6) is 11.6 Å². The molecule has 0 radical (unpaired) electrons. The highest BCUT2D eigenvalue weighted by Crippen LogP contribution is 2.33. The summed E-state index contributed by atoms with van der Waals surface area (Å²) in [5.74, 6) is 0.816. The summed E-state index contributed by atoms with van der Waals surface area (Å²) in [5, 5.41) is 0.102. The van der Waals surface area contributed by atoms with Crippen LogP contribution < -0.4 is 19.1 Å². The van der Waals surface area contributed by atoms with Gasteiger partial charge >= 0.3 is 0 Å². The molecular formula is C24H21ClN4O4S. The molecule has 0 amide bonds. The quantitative estimate of drug-likeness (QED) is 0.420. The number of anilines is 2. The summed E-state index contributed by atoms with van der Waals surface area (Å²) >= 11 is 6.12. The largest absolute Gasteiger partial charge is 0.490 e. The van der Waals surface area contributed by atoms with E-state index in [1.165, 1.54) is 12.1 Å². The lowest BCUT2D eigenvalue weighted by Gasteiger charge is -2.28. The van der Waals surface area contributed by atoms with Crippen LogP contribution in [0.3, 0.4) is 0 Å². The van der Waals surface area contributed by atoms with Gasteiger partial charge in [-0.05, 0) is 42.0 Å². The number of nitrogens with zero attached hydrogens (tertiary/aromatic N) is 3. The number of aromatic nitrogens is 2. The van der Waals surface area contributed by atoms with Crippen molar-refractivity contribution in [1.29, 1.82) is 0 Å². The molecule has 3 aromatic carbocycles. The molecule has 2 heterocycles. The van der Waals surface area contributed by atoms with Crippen molar-refractivity contribution in [1.82, 2.24) is 9.97 Å². The van der Waals surface area contributed by atoms with Crippen LogP contribution in [0.2, 0.25) is 5.02 Å². The Kier molecular flexibility index (Phi) is 5.89. The second kappa shape index (κ2) is 9.00. The smallest absolute Gasteiger partial charge is 0.264 e. The Morgan fingerprint density at radius 2 is 1.79 bits per heavy atom. The number of hydrogen-bond donors (Lipinski definition) is 1. The average molecular weight is 497 g/mol. The third-order valence-electron chi connectivity index (χ3n) is 5.39. The van der Waals surface area contributed by atoms with Gasteiger partial charge in [-0.3, -0.25) is 4.72 Å². The molecule has 1 N–H and O–H groups in total. The van der Waals surface area contributed by atoms with Crippen LogP contribution in [-0.2, 0) is 16.6 Å². The van der Waals surface area contributed by atoms with Crippen molar-refractivity contribution in [3.8, 4) is 11.6 Å². The number of benzene rings is 3. The number of para-hydroxylation sites is 2. The SMILES string of the molecule is CN1CCOc2cc(COc3nc4ccccc4nc3NS(=O)(=O)c3ccccc3Cl)ccc21. The first kappa shape index (κ1) is 22.2. The van der Waals surface area contributed by atoms with Gasteiger partial charge in [-0.1, -0.05) is 41.9 Å². The van der Waals surface area contributed by atoms with E-state index in [-0.39, 0.29) is 28.2 Å². The number of halogens is 1. The predicted molar refractivity (Wildman–Crippen MR) is 131 cm³/mol. The van der Waals surface area contributed by atoms with Crippen molar-refractivity contribution in [3.63, 3.8) is 0 Å². The molecule has 5 rings (SSSR count). The van der Waals surface area contributed by atoms with E-state index in [1.807, 2.05) is 31.3 Å². The van der Waals surface area contributed by atoms with E-state index in [0.29, 0.717) is 17.6 Å². The van der Waals surface area contributed by atoms with Gasteiger partial charge in [-0.25, -0.2) is 18.4 Å². The Labute approximate surface area is 202 Å². The first-order valence-electron chi connectivity index (χ1n) is 10.5. The first-order valence-corrected chi connectivity index (χ1v) is 12.4. The highest BCUT2D eigenvalue weighted by atomic mass is 35.5. The van der Waals surface area contributed by atoms with Crippen LogP contribution in [0.4, 0.5) is 11.5 Å². The number of likely N-dealkylation sites (N-methyl/N-ethyl adjacent to an activating group) is 1. The normalized spacial score (nSPS) is 13.3. The molecule has 174 valence electrons. The number of sulfonamides is 1. The van der Waals surface area contributed by atoms with Gasteiger partial charge in [0.25, 0.3) is 15.9 Å². The molecule has 34 heavy (non-hydrogen) atoms. The lowest BCUT2D eigenvalue weighted by Crippen LogP contribution is -2.28. The number of hydrogen-bond acceptors (Lipinski definition) is 7. The van der Waals surface area contributed by atoms with E-state index in [9.17, 15) is 8.42 Å². The third-order valence-corrected chi connectivity index (χ3v) is 7.23. The van der Waals surface area contributed by atoms with Crippen molar-refractivity contribution in [3.05, 3.63) is 77.3 Å². The van der Waals surface area contributed by atoms with Crippen LogP contribution in [0.1, 0.15) is 5.56 Å². The lowest BCUT2D eigenvalue weighted by atomic mass is 10.1. The van der Waals surface area contributed by atoms with Crippen molar-refractivity contribution >= 4 is 44.2 Å². The highest BCUT2D eigenvalue weighted by Gasteiger charge is 2.22. The van der Waals surface area contributed by atoms with Gasteiger partial charge in [0.15, 0.2) is 0 Å². The van der Waals surface area contributed by atoms with E-state index >= 15 is 0 Å². The van der Waals surface area contributed by atoms with Crippen LogP contribution in [0, 0.1) is 0 Å². The molecular weight excluding hydrogens is 476 g/mol. The fraction of sp³-hybridized carbons (Fsp3) is 0.167. The molecule has 1 aliphatic rings. The van der Waals surface area contributed by atoms with Gasteiger partial charge in [0.2, 0.25) is 5.82 Å². The van der Waals surface area contributed by atoms with Crippen LogP contribution in [0.25, 0.3) is 11.0 Å². The Morgan fingerprint density at radius 3 is 2.59 bits per heavy atom. The van der Waals surface area contributed by atoms with Crippen LogP contribution in [-0.4, -0.2) is 38.6 Å². The van der Waals surface area contributed by atoms with Gasteiger partial charge in [0.05, 0.1) is 28.3 Å². The molecule has 10 heteroatoms. The second-order valence-corrected chi connectivity index (χ2v) is 9.82. The Hall–Kier alpha value is -3.56. The summed E-state index contributed by atoms with van der Waals surface area (Å²) in [6, 6.07) is 19.2. The summed E-state index contributed by atoms with van der Waals surface area (Å²) in [7, 11) is -2.01. The zero-order chi connectivity index (χ0) is 23.7. The first-order chi connectivity index (χ1) is 16.4. The molecule has 0 unspecified atom stereocenters. The molecule has 0 saturated heterocycles. The maximum Gasteiger partial charge on any atom is 0.264 e. The molecule has 4 aromatic rings. The minimum absolute atomic E-state index is 0.0208. The molecule has 8 nitrogen and oxygen atoms in total. The van der Waals surface area contributed by atoms with Crippen molar-refractivity contribution in [2.75, 3.05) is 29.8 Å². The zero-order valence-electron chi connectivity index (χ0n) is 18.2. The molecule has 1 aliphatic heterocycles. The van der Waals surface area contributed by atoms with Gasteiger partial charge in [-0.2, -0.15) is 0 Å². The molecule has 0 fully saturated rings. The highest BCUT2D eigenvalue weighted by molar-refractivity contribution is 7.92. The Bertz CT molecular complexity index is 1480. The van der Waals surface area contributed by atoms with E-state index < -0.39 is 10.0 Å². The molecule has 0 bridgehead atoms. The van der Waals surface area contributed by atoms with Gasteiger partial charge in [0.1, 0.15) is 23.9 Å². The number of rotatable bonds is 6. The number of fused-ring (bicyclic) bond motifs is 2. The fourth-order valence-electron chi connectivity index (χ4n) is 3.64. The molecule has 0 atom stereocenters. The maximum atomic E-state index is 13.0. The summed E-state index contributed by atoms with van der Waals surface area (Å²) in [4.78, 5) is 11.0. The third kappa shape index (κ3) is 4.44. The molecule has 0 saturated carbocycles. The minimum Gasteiger partial charge on any atom is -0.490 e. The van der Waals surface area contributed by atoms with E-state index in [4.69, 9.17) is 21.1 Å². The topological polar surface area (TPSA) is 93.7 Å². The Morgan fingerprint density at radius 1 is 1.06 bits per heavy atom. The van der Waals surface area contributed by atoms with Gasteiger partial charge in [-0.15, -0.1) is 0 Å². The van der Waals surface area contributed by atoms with E-state index in [2.05, 4.69) is 19.6 Å². The summed E-state index contributed by atoms with van der Waals surface area (Å²) < 4.78 is 40.3. The van der Waals surface area contributed by atoms with Gasteiger partial charge < -0.3 is 14.4 Å². The Balaban J connectivity index is 1.47. The van der Waals surface area contributed by atoms with Gasteiger partial charge in [0, 0.05) is 7.05 Å². The van der Waals surface area contributed by atoms with Crippen molar-refractivity contribution in [2.24, 2.45) is 0 Å².